The quantitative estimate of drug-likeness (QED) is 0.413. The third-order valence-electron chi connectivity index (χ3n) is 3.92. The summed E-state index contributed by atoms with van der Waals surface area (Å²) in [6, 6.07) is 21.7. The monoisotopic (exact) mass is 458 g/mol. The highest BCUT2D eigenvalue weighted by molar-refractivity contribution is 9.10. The molecule has 28 heavy (non-hydrogen) atoms. The van der Waals surface area contributed by atoms with Crippen LogP contribution in [0.25, 0.3) is 0 Å². The second kappa shape index (κ2) is 9.03. The third kappa shape index (κ3) is 5.68. The number of nitrogens with zero attached hydrogens (tertiary/aromatic N) is 1. The first-order valence-corrected chi connectivity index (χ1v) is 10.8. The third-order valence-corrected chi connectivity index (χ3v) is 5.68. The van der Waals surface area contributed by atoms with Gasteiger partial charge in [-0.25, -0.2) is 4.83 Å². The van der Waals surface area contributed by atoms with Crippen molar-refractivity contribution >= 4 is 32.2 Å². The number of hydrogen-bond acceptors (Lipinski definition) is 4. The van der Waals surface area contributed by atoms with Crippen molar-refractivity contribution < 1.29 is 13.2 Å². The minimum absolute atomic E-state index is 0.173. The lowest BCUT2D eigenvalue weighted by atomic mass is 10.2. The lowest BCUT2D eigenvalue weighted by Gasteiger charge is -2.07. The van der Waals surface area contributed by atoms with Gasteiger partial charge in [0.25, 0.3) is 10.0 Å². The highest BCUT2D eigenvalue weighted by Gasteiger charge is 2.11. The van der Waals surface area contributed by atoms with Gasteiger partial charge in [-0.2, -0.15) is 13.5 Å². The first-order chi connectivity index (χ1) is 13.4. The SMILES string of the molecule is Cc1ccc(S(=O)(=O)N/N=C\c2ccc(OCc3ccc(Br)cc3)cc2)cc1. The molecule has 0 bridgehead atoms. The summed E-state index contributed by atoms with van der Waals surface area (Å²) in [7, 11) is -3.67. The van der Waals surface area contributed by atoms with Crippen molar-refractivity contribution in [3.8, 4) is 5.75 Å². The summed E-state index contributed by atoms with van der Waals surface area (Å²) < 4.78 is 31.1. The Labute approximate surface area is 173 Å². The average molecular weight is 459 g/mol. The number of rotatable bonds is 7. The maximum absolute atomic E-state index is 12.2. The minimum Gasteiger partial charge on any atom is -0.489 e. The zero-order chi connectivity index (χ0) is 20.0. The van der Waals surface area contributed by atoms with Crippen molar-refractivity contribution in [1.82, 2.24) is 4.83 Å². The molecule has 0 spiro atoms. The molecule has 0 atom stereocenters. The predicted molar refractivity (Wildman–Crippen MR) is 114 cm³/mol. The van der Waals surface area contributed by atoms with Crippen molar-refractivity contribution in [2.75, 3.05) is 0 Å². The lowest BCUT2D eigenvalue weighted by Crippen LogP contribution is -2.18. The minimum atomic E-state index is -3.67. The van der Waals surface area contributed by atoms with Crippen LogP contribution in [0.1, 0.15) is 16.7 Å². The molecule has 0 heterocycles. The van der Waals surface area contributed by atoms with E-state index in [9.17, 15) is 8.42 Å². The summed E-state index contributed by atoms with van der Waals surface area (Å²) in [5.41, 5.74) is 2.81. The molecule has 7 heteroatoms. The molecule has 0 aromatic heterocycles. The molecule has 3 rings (SSSR count). The van der Waals surface area contributed by atoms with E-state index in [-0.39, 0.29) is 4.90 Å². The van der Waals surface area contributed by atoms with E-state index in [1.165, 1.54) is 6.21 Å². The summed E-state index contributed by atoms with van der Waals surface area (Å²) in [5.74, 6) is 0.723. The van der Waals surface area contributed by atoms with Crippen LogP contribution in [0.2, 0.25) is 0 Å². The number of ether oxygens (including phenoxy) is 1. The molecule has 0 saturated heterocycles. The van der Waals surface area contributed by atoms with E-state index < -0.39 is 10.0 Å². The Balaban J connectivity index is 1.56. The van der Waals surface area contributed by atoms with Gasteiger partial charge in [-0.3, -0.25) is 0 Å². The van der Waals surface area contributed by atoms with Crippen LogP contribution in [0.4, 0.5) is 0 Å². The number of hydrogen-bond donors (Lipinski definition) is 1. The van der Waals surface area contributed by atoms with Crippen molar-refractivity contribution in [3.63, 3.8) is 0 Å². The van der Waals surface area contributed by atoms with Crippen LogP contribution in [0.5, 0.6) is 5.75 Å². The van der Waals surface area contributed by atoms with E-state index in [1.807, 2.05) is 43.3 Å². The number of hydrazone groups is 1. The molecule has 0 amide bonds. The maximum atomic E-state index is 12.2. The zero-order valence-electron chi connectivity index (χ0n) is 15.2. The predicted octanol–water partition coefficient (Wildman–Crippen LogP) is 4.65. The van der Waals surface area contributed by atoms with Gasteiger partial charge in [-0.15, -0.1) is 0 Å². The Morgan fingerprint density at radius 1 is 0.964 bits per heavy atom. The molecule has 0 aliphatic carbocycles. The van der Waals surface area contributed by atoms with Gasteiger partial charge in [0.05, 0.1) is 11.1 Å². The van der Waals surface area contributed by atoms with E-state index in [0.717, 1.165) is 26.9 Å². The second-order valence-electron chi connectivity index (χ2n) is 6.15. The fourth-order valence-electron chi connectivity index (χ4n) is 2.34. The van der Waals surface area contributed by atoms with Crippen molar-refractivity contribution in [1.29, 1.82) is 0 Å². The summed E-state index contributed by atoms with van der Waals surface area (Å²) in [6.07, 6.45) is 1.45. The number of benzene rings is 3. The Kier molecular flexibility index (Phi) is 6.49. The van der Waals surface area contributed by atoms with E-state index in [2.05, 4.69) is 25.9 Å². The van der Waals surface area contributed by atoms with Gasteiger partial charge >= 0.3 is 0 Å². The van der Waals surface area contributed by atoms with E-state index in [4.69, 9.17) is 4.74 Å². The van der Waals surface area contributed by atoms with Crippen molar-refractivity contribution in [2.24, 2.45) is 5.10 Å². The summed E-state index contributed by atoms with van der Waals surface area (Å²) in [4.78, 5) is 2.39. The standard InChI is InChI=1S/C21H19BrN2O3S/c1-16-2-12-21(13-3-16)28(25,26)24-23-14-17-6-10-20(11-7-17)27-15-18-4-8-19(22)9-5-18/h2-14,24H,15H2,1H3/b23-14-. The van der Waals surface area contributed by atoms with Crippen LogP contribution in [0.3, 0.4) is 0 Å². The Hall–Kier alpha value is -2.64. The molecule has 0 unspecified atom stereocenters. The molecule has 0 aliphatic heterocycles. The first-order valence-electron chi connectivity index (χ1n) is 8.51. The van der Waals surface area contributed by atoms with Gasteiger partial charge in [0.1, 0.15) is 12.4 Å². The van der Waals surface area contributed by atoms with Crippen LogP contribution in [0, 0.1) is 6.92 Å². The molecule has 5 nitrogen and oxygen atoms in total. The molecule has 0 fully saturated rings. The molecular weight excluding hydrogens is 440 g/mol. The van der Waals surface area contributed by atoms with Gasteiger partial charge < -0.3 is 4.74 Å². The number of nitrogens with one attached hydrogen (secondary N) is 1. The van der Waals surface area contributed by atoms with Crippen LogP contribution >= 0.6 is 15.9 Å². The zero-order valence-corrected chi connectivity index (χ0v) is 17.6. The Morgan fingerprint density at radius 3 is 2.25 bits per heavy atom. The molecule has 3 aromatic carbocycles. The van der Waals surface area contributed by atoms with Gasteiger partial charge in [0.15, 0.2) is 0 Å². The molecule has 0 radical (unpaired) electrons. The largest absolute Gasteiger partial charge is 0.489 e. The Morgan fingerprint density at radius 2 is 1.61 bits per heavy atom. The van der Waals surface area contributed by atoms with E-state index in [1.54, 1.807) is 36.4 Å². The van der Waals surface area contributed by atoms with Crippen molar-refractivity contribution in [3.05, 3.63) is 94.0 Å². The lowest BCUT2D eigenvalue weighted by molar-refractivity contribution is 0.306. The Bertz CT molecular complexity index is 1050. The number of halogens is 1. The fraction of sp³-hybridized carbons (Fsp3) is 0.0952. The van der Waals surface area contributed by atoms with Crippen LogP contribution < -0.4 is 9.57 Å². The van der Waals surface area contributed by atoms with Crippen LogP contribution in [-0.2, 0) is 16.6 Å². The second-order valence-corrected chi connectivity index (χ2v) is 8.73. The fourth-order valence-corrected chi connectivity index (χ4v) is 3.39. The molecule has 1 N–H and O–H groups in total. The molecule has 144 valence electrons. The number of sulfonamides is 1. The average Bonchev–Trinajstić information content (AvgIpc) is 2.69. The van der Waals surface area contributed by atoms with Crippen LogP contribution in [0.15, 0.2) is 87.3 Å². The van der Waals surface area contributed by atoms with Crippen molar-refractivity contribution in [2.45, 2.75) is 18.4 Å². The summed E-state index contributed by atoms with van der Waals surface area (Å²) >= 11 is 3.40. The molecule has 0 saturated carbocycles. The van der Waals surface area contributed by atoms with Crippen LogP contribution in [-0.4, -0.2) is 14.6 Å². The highest BCUT2D eigenvalue weighted by atomic mass is 79.9. The van der Waals surface area contributed by atoms with Gasteiger partial charge in [0, 0.05) is 4.47 Å². The normalized spacial score (nSPS) is 11.5. The number of aryl methyl sites for hydroxylation is 1. The molecule has 3 aromatic rings. The maximum Gasteiger partial charge on any atom is 0.276 e. The summed E-state index contributed by atoms with van der Waals surface area (Å²) in [5, 5.41) is 3.84. The highest BCUT2D eigenvalue weighted by Crippen LogP contribution is 2.15. The topological polar surface area (TPSA) is 67.8 Å². The van der Waals surface area contributed by atoms with E-state index >= 15 is 0 Å². The van der Waals surface area contributed by atoms with E-state index in [0.29, 0.717) is 6.61 Å². The molecular formula is C21H19BrN2O3S. The first kappa shape index (κ1) is 20.1. The summed E-state index contributed by atoms with van der Waals surface area (Å²) in [6.45, 7) is 2.37. The van der Waals surface area contributed by atoms with Gasteiger partial charge in [0.2, 0.25) is 0 Å². The molecule has 0 aliphatic rings. The smallest absolute Gasteiger partial charge is 0.276 e. The van der Waals surface area contributed by atoms with Gasteiger partial charge in [-0.05, 0) is 66.6 Å². The van der Waals surface area contributed by atoms with Gasteiger partial charge in [-0.1, -0.05) is 45.8 Å².